The maximum Gasteiger partial charge on any atom is 0.254 e. The van der Waals surface area contributed by atoms with Crippen LogP contribution in [0.5, 0.6) is 0 Å². The highest BCUT2D eigenvalue weighted by atomic mass is 19.1. The number of likely N-dealkylation sites (N-methyl/N-ethyl adjacent to an activating group) is 1. The molecule has 1 amide bonds. The predicted octanol–water partition coefficient (Wildman–Crippen LogP) is 2.85. The normalized spacial score (nSPS) is 15.9. The van der Waals surface area contributed by atoms with Gasteiger partial charge in [0.25, 0.3) is 5.91 Å². The third-order valence-corrected chi connectivity index (χ3v) is 5.06. The first-order valence-corrected chi connectivity index (χ1v) is 9.12. The Bertz CT molecular complexity index is 999. The summed E-state index contributed by atoms with van der Waals surface area (Å²) >= 11 is 0. The zero-order valence-corrected chi connectivity index (χ0v) is 15.5. The minimum absolute atomic E-state index is 0.0279. The standard InChI is InChI=1S/C20H22FN5O/c1-13-18-16(20(27)26-8-4-7-25(2)9-10-26)12-17(22-19(18)24-23-13)14-5-3-6-15(21)11-14/h3,5-6,11-12H,4,7-10H2,1-2H3,(H,22,23,24). The van der Waals surface area contributed by atoms with E-state index in [0.717, 1.165) is 37.1 Å². The van der Waals surface area contributed by atoms with E-state index >= 15 is 0 Å². The molecule has 1 aromatic carbocycles. The molecule has 0 saturated carbocycles. The summed E-state index contributed by atoms with van der Waals surface area (Å²) in [6, 6.07) is 7.99. The van der Waals surface area contributed by atoms with E-state index < -0.39 is 0 Å². The van der Waals surface area contributed by atoms with E-state index in [0.29, 0.717) is 29.0 Å². The molecule has 0 radical (unpaired) electrons. The lowest BCUT2D eigenvalue weighted by Gasteiger charge is -2.21. The molecule has 0 aliphatic carbocycles. The Kier molecular flexibility index (Phi) is 4.61. The number of aromatic amines is 1. The van der Waals surface area contributed by atoms with E-state index in [1.54, 1.807) is 18.2 Å². The summed E-state index contributed by atoms with van der Waals surface area (Å²) in [6.07, 6.45) is 0.942. The number of nitrogens with zero attached hydrogens (tertiary/aromatic N) is 4. The average molecular weight is 367 g/mol. The van der Waals surface area contributed by atoms with Gasteiger partial charge >= 0.3 is 0 Å². The zero-order valence-electron chi connectivity index (χ0n) is 15.5. The van der Waals surface area contributed by atoms with Crippen molar-refractivity contribution in [3.8, 4) is 11.3 Å². The van der Waals surface area contributed by atoms with E-state index in [-0.39, 0.29) is 11.7 Å². The number of benzene rings is 1. The third-order valence-electron chi connectivity index (χ3n) is 5.06. The first-order valence-electron chi connectivity index (χ1n) is 9.12. The van der Waals surface area contributed by atoms with Gasteiger partial charge in [0.15, 0.2) is 5.65 Å². The second kappa shape index (κ2) is 7.08. The van der Waals surface area contributed by atoms with Crippen LogP contribution in [0.3, 0.4) is 0 Å². The summed E-state index contributed by atoms with van der Waals surface area (Å²) in [7, 11) is 2.07. The first-order chi connectivity index (χ1) is 13.0. The van der Waals surface area contributed by atoms with Crippen molar-refractivity contribution < 1.29 is 9.18 Å². The Morgan fingerprint density at radius 3 is 2.85 bits per heavy atom. The molecule has 1 aliphatic heterocycles. The molecule has 6 nitrogen and oxygen atoms in total. The highest BCUT2D eigenvalue weighted by Crippen LogP contribution is 2.27. The fraction of sp³-hybridized carbons (Fsp3) is 0.350. The number of aromatic nitrogens is 3. The van der Waals surface area contributed by atoms with Gasteiger partial charge in [0.1, 0.15) is 5.82 Å². The van der Waals surface area contributed by atoms with Crippen LogP contribution in [-0.2, 0) is 0 Å². The smallest absolute Gasteiger partial charge is 0.254 e. The highest BCUT2D eigenvalue weighted by molar-refractivity contribution is 6.07. The van der Waals surface area contributed by atoms with E-state index in [2.05, 4.69) is 27.1 Å². The molecule has 4 rings (SSSR count). The second-order valence-electron chi connectivity index (χ2n) is 7.06. The number of pyridine rings is 1. The van der Waals surface area contributed by atoms with Gasteiger partial charge in [-0.1, -0.05) is 12.1 Å². The van der Waals surface area contributed by atoms with Gasteiger partial charge in [-0.25, -0.2) is 9.37 Å². The molecule has 0 unspecified atom stereocenters. The topological polar surface area (TPSA) is 65.1 Å². The Labute approximate surface area is 157 Å². The van der Waals surface area contributed by atoms with E-state index in [1.165, 1.54) is 12.1 Å². The molecule has 0 atom stereocenters. The van der Waals surface area contributed by atoms with Gasteiger partial charge in [0, 0.05) is 30.9 Å². The highest BCUT2D eigenvalue weighted by Gasteiger charge is 2.24. The quantitative estimate of drug-likeness (QED) is 0.756. The third kappa shape index (κ3) is 3.42. The number of H-pyrrole nitrogens is 1. The van der Waals surface area contributed by atoms with Crippen LogP contribution in [0.25, 0.3) is 22.3 Å². The number of carbonyl (C=O) groups excluding carboxylic acids is 1. The molecule has 1 fully saturated rings. The second-order valence-corrected chi connectivity index (χ2v) is 7.06. The Hall–Kier alpha value is -2.80. The minimum Gasteiger partial charge on any atom is -0.337 e. The first kappa shape index (κ1) is 17.6. The molecule has 7 heteroatoms. The Morgan fingerprint density at radius 1 is 1.19 bits per heavy atom. The number of aryl methyl sites for hydroxylation is 1. The summed E-state index contributed by atoms with van der Waals surface area (Å²) < 4.78 is 13.7. The fourth-order valence-electron chi connectivity index (χ4n) is 3.56. The SMILES string of the molecule is Cc1[nH]nc2nc(-c3cccc(F)c3)cc(C(=O)N3CCCN(C)CC3)c12. The predicted molar refractivity (Wildman–Crippen MR) is 102 cm³/mol. The summed E-state index contributed by atoms with van der Waals surface area (Å²) in [5.41, 5.74) is 3.02. The molecule has 1 N–H and O–H groups in total. The van der Waals surface area contributed by atoms with Crippen molar-refractivity contribution in [3.05, 3.63) is 47.4 Å². The molecule has 140 valence electrons. The summed E-state index contributed by atoms with van der Waals surface area (Å²) in [5, 5.41) is 7.89. The maximum atomic E-state index is 13.7. The lowest BCUT2D eigenvalue weighted by Crippen LogP contribution is -2.34. The number of halogens is 1. The summed E-state index contributed by atoms with van der Waals surface area (Å²) in [6.45, 7) is 5.12. The van der Waals surface area contributed by atoms with Crippen LogP contribution in [0.2, 0.25) is 0 Å². The molecule has 27 heavy (non-hydrogen) atoms. The van der Waals surface area contributed by atoms with Crippen LogP contribution in [0.4, 0.5) is 4.39 Å². The van der Waals surface area contributed by atoms with Crippen LogP contribution in [0.1, 0.15) is 22.5 Å². The minimum atomic E-state index is -0.337. The average Bonchev–Trinajstić information content (AvgIpc) is 2.90. The van der Waals surface area contributed by atoms with Gasteiger partial charge in [-0.05, 0) is 45.1 Å². The van der Waals surface area contributed by atoms with Crippen LogP contribution in [-0.4, -0.2) is 64.1 Å². The Balaban J connectivity index is 1.80. The van der Waals surface area contributed by atoms with Crippen molar-refractivity contribution in [2.75, 3.05) is 33.2 Å². The lowest BCUT2D eigenvalue weighted by atomic mass is 10.0. The van der Waals surface area contributed by atoms with Crippen molar-refractivity contribution in [1.82, 2.24) is 25.0 Å². The number of carbonyl (C=O) groups is 1. The molecule has 1 saturated heterocycles. The summed E-state index contributed by atoms with van der Waals surface area (Å²) in [4.78, 5) is 22.0. The van der Waals surface area contributed by atoms with Crippen molar-refractivity contribution in [3.63, 3.8) is 0 Å². The number of nitrogens with one attached hydrogen (secondary N) is 1. The molecule has 3 aromatic rings. The van der Waals surface area contributed by atoms with Gasteiger partial charge in [0.2, 0.25) is 0 Å². The largest absolute Gasteiger partial charge is 0.337 e. The summed E-state index contributed by atoms with van der Waals surface area (Å²) in [5.74, 6) is -0.365. The zero-order chi connectivity index (χ0) is 19.0. The van der Waals surface area contributed by atoms with Gasteiger partial charge in [-0.3, -0.25) is 9.89 Å². The number of hydrogen-bond donors (Lipinski definition) is 1. The van der Waals surface area contributed by atoms with Crippen LogP contribution >= 0.6 is 0 Å². The van der Waals surface area contributed by atoms with Crippen molar-refractivity contribution in [2.45, 2.75) is 13.3 Å². The molecule has 2 aromatic heterocycles. The molecule has 3 heterocycles. The van der Waals surface area contributed by atoms with Crippen LogP contribution < -0.4 is 0 Å². The van der Waals surface area contributed by atoms with Crippen LogP contribution in [0.15, 0.2) is 30.3 Å². The van der Waals surface area contributed by atoms with Gasteiger partial charge < -0.3 is 9.80 Å². The van der Waals surface area contributed by atoms with Crippen LogP contribution in [0, 0.1) is 12.7 Å². The van der Waals surface area contributed by atoms with E-state index in [4.69, 9.17) is 0 Å². The Morgan fingerprint density at radius 2 is 2.04 bits per heavy atom. The monoisotopic (exact) mass is 367 g/mol. The number of fused-ring (bicyclic) bond motifs is 1. The lowest BCUT2D eigenvalue weighted by molar-refractivity contribution is 0.0764. The molecule has 0 spiro atoms. The molecular formula is C20H22FN5O. The molecule has 0 bridgehead atoms. The van der Waals surface area contributed by atoms with Crippen molar-refractivity contribution in [1.29, 1.82) is 0 Å². The van der Waals surface area contributed by atoms with Gasteiger partial charge in [0.05, 0.1) is 16.6 Å². The number of hydrogen-bond acceptors (Lipinski definition) is 4. The van der Waals surface area contributed by atoms with Crippen molar-refractivity contribution >= 4 is 16.9 Å². The number of amides is 1. The maximum absolute atomic E-state index is 13.7. The van der Waals surface area contributed by atoms with E-state index in [9.17, 15) is 9.18 Å². The number of rotatable bonds is 2. The van der Waals surface area contributed by atoms with Gasteiger partial charge in [-0.2, -0.15) is 5.10 Å². The van der Waals surface area contributed by atoms with Crippen molar-refractivity contribution in [2.24, 2.45) is 0 Å². The molecule has 1 aliphatic rings. The van der Waals surface area contributed by atoms with Gasteiger partial charge in [-0.15, -0.1) is 0 Å². The fourth-order valence-corrected chi connectivity index (χ4v) is 3.56. The van der Waals surface area contributed by atoms with E-state index in [1.807, 2.05) is 11.8 Å². The molecular weight excluding hydrogens is 345 g/mol.